The van der Waals surface area contributed by atoms with Crippen LogP contribution in [0.25, 0.3) is 0 Å². The quantitative estimate of drug-likeness (QED) is 0.488. The minimum Gasteiger partial charge on any atom is -0.365 e. The van der Waals surface area contributed by atoms with Gasteiger partial charge in [0.1, 0.15) is 6.26 Å². The van der Waals surface area contributed by atoms with Gasteiger partial charge in [-0.3, -0.25) is 0 Å². The van der Waals surface area contributed by atoms with Gasteiger partial charge in [-0.25, -0.2) is 0 Å². The first-order valence-corrected chi connectivity index (χ1v) is 2.01. The Balaban J connectivity index is 0.000000490. The van der Waals surface area contributed by atoms with Gasteiger partial charge in [0.25, 0.3) is 0 Å². The van der Waals surface area contributed by atoms with Gasteiger partial charge in [-0.2, -0.15) is 0 Å². The summed E-state index contributed by atoms with van der Waals surface area (Å²) in [6.45, 7) is 0. The van der Waals surface area contributed by atoms with E-state index in [-0.39, 0.29) is 12.4 Å². The molecule has 1 aliphatic heterocycles. The zero-order valence-electron chi connectivity index (χ0n) is 4.15. The summed E-state index contributed by atoms with van der Waals surface area (Å²) in [4.78, 5) is 4.52. The molecule has 0 bridgehead atoms. The molecule has 1 aliphatic rings. The summed E-state index contributed by atoms with van der Waals surface area (Å²) in [6.07, 6.45) is 8.51. The van der Waals surface area contributed by atoms with Crippen molar-refractivity contribution >= 4 is 18.6 Å². The van der Waals surface area contributed by atoms with Crippen molar-refractivity contribution in [2.75, 3.05) is 0 Å². The molecule has 8 heavy (non-hydrogen) atoms. The van der Waals surface area contributed by atoms with Gasteiger partial charge in [-0.15, -0.1) is 12.4 Å². The maximum Gasteiger partial charge on any atom is 0.122 e. The van der Waals surface area contributed by atoms with Crippen molar-refractivity contribution in [3.8, 4) is 0 Å². The molecule has 0 unspecified atom stereocenters. The highest BCUT2D eigenvalue weighted by Gasteiger charge is 1.70. The van der Waals surface area contributed by atoms with Crippen molar-refractivity contribution in [1.82, 2.24) is 0 Å². The van der Waals surface area contributed by atoms with Crippen LogP contribution in [0.2, 0.25) is 0 Å². The SMILES string of the molecule is C1=CC=NOC=C1.Cl. The predicted octanol–water partition coefficient (Wildman–Crippen LogP) is 1.49. The lowest BCUT2D eigenvalue weighted by Gasteiger charge is -1.77. The monoisotopic (exact) mass is 131 g/mol. The third-order valence-electron chi connectivity index (χ3n) is 0.569. The molecule has 0 saturated carbocycles. The largest absolute Gasteiger partial charge is 0.365 e. The lowest BCUT2D eigenvalue weighted by atomic mass is 10.5. The summed E-state index contributed by atoms with van der Waals surface area (Å²) in [5.74, 6) is 0. The van der Waals surface area contributed by atoms with Crippen molar-refractivity contribution in [3.63, 3.8) is 0 Å². The minimum absolute atomic E-state index is 0. The van der Waals surface area contributed by atoms with Gasteiger partial charge < -0.3 is 4.84 Å². The normalized spacial score (nSPS) is 14.0. The second kappa shape index (κ2) is 4.40. The highest BCUT2D eigenvalue weighted by atomic mass is 35.5. The Bertz CT molecular complexity index is 114. The van der Waals surface area contributed by atoms with Gasteiger partial charge in [0.2, 0.25) is 0 Å². The minimum atomic E-state index is 0. The number of nitrogens with zero attached hydrogens (tertiary/aromatic N) is 1. The van der Waals surface area contributed by atoms with Gasteiger partial charge in [-0.1, -0.05) is 11.2 Å². The molecule has 1 rings (SSSR count). The third-order valence-corrected chi connectivity index (χ3v) is 0.569. The van der Waals surface area contributed by atoms with Crippen LogP contribution in [-0.4, -0.2) is 6.21 Å². The second-order valence-electron chi connectivity index (χ2n) is 1.07. The molecule has 1 heterocycles. The first-order chi connectivity index (χ1) is 3.50. The standard InChI is InChI=1S/C5H5NO.ClH/c1-2-4-6-7-5-3-1;/h1-5H;1H. The Morgan fingerprint density at radius 1 is 1.12 bits per heavy atom. The number of hydrogen-bond acceptors (Lipinski definition) is 2. The molecule has 3 heteroatoms. The molecule has 0 aromatic carbocycles. The van der Waals surface area contributed by atoms with E-state index in [1.165, 1.54) is 6.26 Å². The molecule has 0 aliphatic carbocycles. The van der Waals surface area contributed by atoms with Crippen LogP contribution in [0.1, 0.15) is 0 Å². The maximum atomic E-state index is 4.52. The lowest BCUT2D eigenvalue weighted by Crippen LogP contribution is -1.61. The Hall–Kier alpha value is -0.760. The molecule has 0 amide bonds. The average Bonchev–Trinajstić information content (AvgIpc) is 1.90. The van der Waals surface area contributed by atoms with E-state index in [2.05, 4.69) is 9.99 Å². The average molecular weight is 132 g/mol. The summed E-state index contributed by atoms with van der Waals surface area (Å²) < 4.78 is 0. The predicted molar refractivity (Wildman–Crippen MR) is 35.1 cm³/mol. The molecule has 0 aromatic heterocycles. The zero-order chi connectivity index (χ0) is 4.95. The van der Waals surface area contributed by atoms with Gasteiger partial charge in [-0.05, 0) is 12.2 Å². The Morgan fingerprint density at radius 3 is 2.88 bits per heavy atom. The highest BCUT2D eigenvalue weighted by molar-refractivity contribution is 5.85. The Kier molecular flexibility index (Phi) is 3.98. The first-order valence-electron chi connectivity index (χ1n) is 2.01. The van der Waals surface area contributed by atoms with E-state index in [0.29, 0.717) is 0 Å². The van der Waals surface area contributed by atoms with Crippen molar-refractivity contribution in [2.24, 2.45) is 5.16 Å². The van der Waals surface area contributed by atoms with E-state index in [0.717, 1.165) is 0 Å². The summed E-state index contributed by atoms with van der Waals surface area (Å²) in [5, 5.41) is 3.47. The van der Waals surface area contributed by atoms with E-state index >= 15 is 0 Å². The fourth-order valence-electron chi connectivity index (χ4n) is 0.300. The van der Waals surface area contributed by atoms with Crippen molar-refractivity contribution < 1.29 is 4.84 Å². The van der Waals surface area contributed by atoms with E-state index in [9.17, 15) is 0 Å². The fraction of sp³-hybridized carbons (Fsp3) is 0. The van der Waals surface area contributed by atoms with Crippen LogP contribution in [0.3, 0.4) is 0 Å². The second-order valence-corrected chi connectivity index (χ2v) is 1.07. The van der Waals surface area contributed by atoms with Crippen LogP contribution in [0, 0.1) is 0 Å². The molecule has 2 nitrogen and oxygen atoms in total. The van der Waals surface area contributed by atoms with Gasteiger partial charge in [0, 0.05) is 0 Å². The number of hydrogen-bond donors (Lipinski definition) is 0. The van der Waals surface area contributed by atoms with Crippen LogP contribution < -0.4 is 0 Å². The van der Waals surface area contributed by atoms with Gasteiger partial charge in [0.15, 0.2) is 0 Å². The topological polar surface area (TPSA) is 21.6 Å². The molecule has 0 atom stereocenters. The van der Waals surface area contributed by atoms with Crippen molar-refractivity contribution in [3.05, 3.63) is 24.5 Å². The molecule has 0 saturated heterocycles. The summed E-state index contributed by atoms with van der Waals surface area (Å²) >= 11 is 0. The van der Waals surface area contributed by atoms with E-state index in [1.807, 2.05) is 6.08 Å². The first kappa shape index (κ1) is 7.24. The van der Waals surface area contributed by atoms with Crippen molar-refractivity contribution in [1.29, 1.82) is 0 Å². The number of allylic oxidation sites excluding steroid dienone is 3. The molecule has 0 radical (unpaired) electrons. The van der Waals surface area contributed by atoms with E-state index in [4.69, 9.17) is 0 Å². The Labute approximate surface area is 53.9 Å². The molecule has 0 aromatic rings. The zero-order valence-corrected chi connectivity index (χ0v) is 4.97. The fourth-order valence-corrected chi connectivity index (χ4v) is 0.300. The van der Waals surface area contributed by atoms with Crippen LogP contribution in [0.5, 0.6) is 0 Å². The highest BCUT2D eigenvalue weighted by Crippen LogP contribution is 1.83. The number of rotatable bonds is 0. The number of halogens is 1. The van der Waals surface area contributed by atoms with Crippen LogP contribution in [0.15, 0.2) is 29.6 Å². The molecule has 0 N–H and O–H groups in total. The molecular weight excluding hydrogens is 126 g/mol. The van der Waals surface area contributed by atoms with E-state index < -0.39 is 0 Å². The summed E-state index contributed by atoms with van der Waals surface area (Å²) in [7, 11) is 0. The smallest absolute Gasteiger partial charge is 0.122 e. The van der Waals surface area contributed by atoms with E-state index in [1.54, 1.807) is 18.4 Å². The summed E-state index contributed by atoms with van der Waals surface area (Å²) in [5.41, 5.74) is 0. The van der Waals surface area contributed by atoms with Crippen LogP contribution in [-0.2, 0) is 4.84 Å². The molecule has 0 fully saturated rings. The molecule has 0 spiro atoms. The lowest BCUT2D eigenvalue weighted by molar-refractivity contribution is 0.271. The molecular formula is C5H6ClNO. The van der Waals surface area contributed by atoms with Crippen LogP contribution in [0.4, 0.5) is 0 Å². The van der Waals surface area contributed by atoms with Crippen LogP contribution >= 0.6 is 12.4 Å². The third kappa shape index (κ3) is 2.42. The number of oxime groups is 1. The van der Waals surface area contributed by atoms with Crippen molar-refractivity contribution in [2.45, 2.75) is 0 Å². The molecule has 44 valence electrons. The van der Waals surface area contributed by atoms with Gasteiger partial charge in [0.05, 0.1) is 6.21 Å². The summed E-state index contributed by atoms with van der Waals surface area (Å²) in [6, 6.07) is 0. The maximum absolute atomic E-state index is 4.52. The Morgan fingerprint density at radius 2 is 2.00 bits per heavy atom. The van der Waals surface area contributed by atoms with Gasteiger partial charge >= 0.3 is 0 Å².